The van der Waals surface area contributed by atoms with Gasteiger partial charge >= 0.3 is 0 Å². The van der Waals surface area contributed by atoms with Crippen LogP contribution >= 0.6 is 12.4 Å². The normalized spacial score (nSPS) is 11.9. The first-order valence-corrected chi connectivity index (χ1v) is 5.58. The molecule has 0 unspecified atom stereocenters. The number of nitrogens with zero attached hydrogens (tertiary/aromatic N) is 1. The Hall–Kier alpha value is -1.21. The molecule has 0 fully saturated rings. The fourth-order valence-electron chi connectivity index (χ4n) is 1.19. The van der Waals surface area contributed by atoms with Gasteiger partial charge in [0.05, 0.1) is 13.1 Å². The first-order chi connectivity index (χ1) is 8.15. The summed E-state index contributed by atoms with van der Waals surface area (Å²) in [5.41, 5.74) is 5.53. The minimum atomic E-state index is -3.10. The van der Waals surface area contributed by atoms with Gasteiger partial charge in [-0.1, -0.05) is 20.8 Å². The number of carbonyl (C=O) groups excluding carboxylic acids is 1. The van der Waals surface area contributed by atoms with E-state index in [1.54, 1.807) is 6.07 Å². The molecule has 0 radical (unpaired) electrons. The van der Waals surface area contributed by atoms with E-state index in [1.807, 2.05) is 20.8 Å². The van der Waals surface area contributed by atoms with E-state index in [0.29, 0.717) is 0 Å². The third-order valence-corrected chi connectivity index (χ3v) is 2.42. The van der Waals surface area contributed by atoms with E-state index < -0.39 is 24.9 Å². The van der Waals surface area contributed by atoms with Crippen LogP contribution < -0.4 is 11.1 Å². The van der Waals surface area contributed by atoms with Crippen molar-refractivity contribution in [2.45, 2.75) is 32.1 Å². The van der Waals surface area contributed by atoms with Crippen LogP contribution in [0, 0.1) is 0 Å². The molecule has 1 rings (SSSR count). The molecule has 0 bridgehead atoms. The van der Waals surface area contributed by atoms with Gasteiger partial charge in [-0.2, -0.15) is 5.10 Å². The van der Waals surface area contributed by atoms with Crippen LogP contribution in [0.2, 0.25) is 0 Å². The van der Waals surface area contributed by atoms with Gasteiger partial charge in [0.1, 0.15) is 5.69 Å². The zero-order chi connectivity index (χ0) is 14.0. The number of H-pyrrole nitrogens is 1. The average molecular weight is 297 g/mol. The molecule has 1 amide bonds. The second-order valence-electron chi connectivity index (χ2n) is 5.16. The maximum Gasteiger partial charge on any atom is 0.277 e. The van der Waals surface area contributed by atoms with Crippen LogP contribution in [-0.2, 0) is 5.41 Å². The van der Waals surface area contributed by atoms with Crippen LogP contribution in [0.1, 0.15) is 37.0 Å². The maximum absolute atomic E-state index is 12.9. The number of halogens is 3. The van der Waals surface area contributed by atoms with Crippen molar-refractivity contribution in [2.24, 2.45) is 5.73 Å². The standard InChI is InChI=1S/C11H18F2N4O.ClH/c1-10(2,3)8-4-7(16-17-8)9(18)15-6-11(12,13)5-14;/h4H,5-6,14H2,1-3H3,(H,15,18)(H,16,17);1H. The van der Waals surface area contributed by atoms with E-state index >= 15 is 0 Å². The zero-order valence-electron chi connectivity index (χ0n) is 11.1. The number of aromatic nitrogens is 2. The van der Waals surface area contributed by atoms with Gasteiger partial charge in [0.25, 0.3) is 11.8 Å². The van der Waals surface area contributed by atoms with Gasteiger partial charge in [0, 0.05) is 11.1 Å². The lowest BCUT2D eigenvalue weighted by molar-refractivity contribution is 0.0118. The molecule has 0 aliphatic carbocycles. The molecule has 110 valence electrons. The van der Waals surface area contributed by atoms with Crippen LogP contribution in [-0.4, -0.2) is 35.1 Å². The molecule has 19 heavy (non-hydrogen) atoms. The fourth-order valence-corrected chi connectivity index (χ4v) is 1.19. The summed E-state index contributed by atoms with van der Waals surface area (Å²) in [5, 5.41) is 8.61. The fraction of sp³-hybridized carbons (Fsp3) is 0.636. The summed E-state index contributed by atoms with van der Waals surface area (Å²) in [7, 11) is 0. The summed E-state index contributed by atoms with van der Waals surface area (Å²) in [4.78, 5) is 11.6. The second kappa shape index (κ2) is 6.29. The Morgan fingerprint density at radius 3 is 2.47 bits per heavy atom. The molecule has 1 aromatic heterocycles. The van der Waals surface area contributed by atoms with Crippen molar-refractivity contribution in [3.63, 3.8) is 0 Å². The molecule has 0 atom stereocenters. The summed E-state index contributed by atoms with van der Waals surface area (Å²) < 4.78 is 25.7. The number of rotatable bonds is 4. The Morgan fingerprint density at radius 1 is 1.47 bits per heavy atom. The van der Waals surface area contributed by atoms with Gasteiger partial charge < -0.3 is 11.1 Å². The summed E-state index contributed by atoms with van der Waals surface area (Å²) in [5.74, 6) is -3.74. The van der Waals surface area contributed by atoms with E-state index in [0.717, 1.165) is 5.69 Å². The van der Waals surface area contributed by atoms with Gasteiger partial charge in [-0.25, -0.2) is 8.78 Å². The molecule has 0 saturated heterocycles. The molecule has 5 nitrogen and oxygen atoms in total. The van der Waals surface area contributed by atoms with Crippen molar-refractivity contribution in [3.8, 4) is 0 Å². The predicted octanol–water partition coefficient (Wildman–Crippen LogP) is 1.45. The molecule has 0 aliphatic rings. The Bertz CT molecular complexity index is 429. The van der Waals surface area contributed by atoms with Crippen LogP contribution in [0.15, 0.2) is 6.07 Å². The van der Waals surface area contributed by atoms with Crippen molar-refractivity contribution >= 4 is 18.3 Å². The van der Waals surface area contributed by atoms with Crippen molar-refractivity contribution in [1.29, 1.82) is 0 Å². The summed E-state index contributed by atoms with van der Waals surface area (Å²) in [6, 6.07) is 1.55. The highest BCUT2D eigenvalue weighted by Gasteiger charge is 2.28. The molecular weight excluding hydrogens is 278 g/mol. The molecule has 0 spiro atoms. The highest BCUT2D eigenvalue weighted by molar-refractivity contribution is 5.92. The lowest BCUT2D eigenvalue weighted by Crippen LogP contribution is -2.41. The third-order valence-electron chi connectivity index (χ3n) is 2.42. The van der Waals surface area contributed by atoms with Gasteiger partial charge in [-0.3, -0.25) is 9.89 Å². The van der Waals surface area contributed by atoms with E-state index in [9.17, 15) is 13.6 Å². The molecule has 4 N–H and O–H groups in total. The molecular formula is C11H19ClF2N4O. The number of alkyl halides is 2. The SMILES string of the molecule is CC(C)(C)c1cc(C(=O)NCC(F)(F)CN)n[nH]1.Cl. The summed E-state index contributed by atoms with van der Waals surface area (Å²) in [6.07, 6.45) is 0. The van der Waals surface area contributed by atoms with E-state index in [4.69, 9.17) is 5.73 Å². The molecule has 0 saturated carbocycles. The Balaban J connectivity index is 0.00000324. The quantitative estimate of drug-likeness (QED) is 0.786. The van der Waals surface area contributed by atoms with E-state index in [1.165, 1.54) is 0 Å². The molecule has 8 heteroatoms. The lowest BCUT2D eigenvalue weighted by Gasteiger charge is -2.15. The molecule has 1 aromatic rings. The lowest BCUT2D eigenvalue weighted by atomic mass is 9.92. The van der Waals surface area contributed by atoms with Crippen LogP contribution in [0.5, 0.6) is 0 Å². The minimum Gasteiger partial charge on any atom is -0.345 e. The number of nitrogens with one attached hydrogen (secondary N) is 2. The maximum atomic E-state index is 12.9. The molecule has 0 aliphatic heterocycles. The Morgan fingerprint density at radius 2 is 2.05 bits per heavy atom. The van der Waals surface area contributed by atoms with E-state index in [2.05, 4.69) is 15.5 Å². The van der Waals surface area contributed by atoms with Gasteiger partial charge in [0.2, 0.25) is 0 Å². The smallest absolute Gasteiger partial charge is 0.277 e. The minimum absolute atomic E-state index is 0. The van der Waals surface area contributed by atoms with E-state index in [-0.39, 0.29) is 23.5 Å². The van der Waals surface area contributed by atoms with Gasteiger partial charge in [-0.15, -0.1) is 12.4 Å². The van der Waals surface area contributed by atoms with Gasteiger partial charge in [0.15, 0.2) is 0 Å². The monoisotopic (exact) mass is 296 g/mol. The first kappa shape index (κ1) is 17.8. The number of nitrogens with two attached hydrogens (primary N) is 1. The highest BCUT2D eigenvalue weighted by Crippen LogP contribution is 2.20. The number of hydrogen-bond donors (Lipinski definition) is 3. The number of hydrogen-bond acceptors (Lipinski definition) is 3. The Labute approximate surface area is 116 Å². The van der Waals surface area contributed by atoms with Crippen molar-refractivity contribution in [3.05, 3.63) is 17.5 Å². The summed E-state index contributed by atoms with van der Waals surface area (Å²) in [6.45, 7) is 4.25. The number of aromatic amines is 1. The first-order valence-electron chi connectivity index (χ1n) is 5.58. The van der Waals surface area contributed by atoms with Gasteiger partial charge in [-0.05, 0) is 6.07 Å². The third kappa shape index (κ3) is 5.12. The summed E-state index contributed by atoms with van der Waals surface area (Å²) >= 11 is 0. The topological polar surface area (TPSA) is 83.8 Å². The zero-order valence-corrected chi connectivity index (χ0v) is 11.9. The predicted molar refractivity (Wildman–Crippen MR) is 70.9 cm³/mol. The molecule has 0 aromatic carbocycles. The number of carbonyl (C=O) groups is 1. The van der Waals surface area contributed by atoms with Crippen LogP contribution in [0.4, 0.5) is 8.78 Å². The highest BCUT2D eigenvalue weighted by atomic mass is 35.5. The van der Waals surface area contributed by atoms with Crippen LogP contribution in [0.3, 0.4) is 0 Å². The number of amides is 1. The second-order valence-corrected chi connectivity index (χ2v) is 5.16. The molecule has 1 heterocycles. The van der Waals surface area contributed by atoms with Crippen molar-refractivity contribution in [1.82, 2.24) is 15.5 Å². The average Bonchev–Trinajstić information content (AvgIpc) is 2.75. The van der Waals surface area contributed by atoms with Crippen molar-refractivity contribution < 1.29 is 13.6 Å². The van der Waals surface area contributed by atoms with Crippen LogP contribution in [0.25, 0.3) is 0 Å². The largest absolute Gasteiger partial charge is 0.345 e. The Kier molecular flexibility index (Phi) is 5.89. The van der Waals surface area contributed by atoms with Crippen molar-refractivity contribution in [2.75, 3.05) is 13.1 Å².